The van der Waals surface area contributed by atoms with Gasteiger partial charge in [-0.05, 0) is 208 Å². The van der Waals surface area contributed by atoms with Crippen molar-refractivity contribution in [3.05, 3.63) is 182 Å². The second-order valence-corrected chi connectivity index (χ2v) is 15.6. The van der Waals surface area contributed by atoms with Crippen LogP contribution in [-0.4, -0.2) is 0 Å². The van der Waals surface area contributed by atoms with Crippen LogP contribution in [0.5, 0.6) is 0 Å². The first-order chi connectivity index (χ1) is 29.2. The fourth-order valence-electron chi connectivity index (χ4n) is 8.55. The predicted octanol–water partition coefficient (Wildman–Crippen LogP) is 12.6. The quantitative estimate of drug-likeness (QED) is 0.0729. The monoisotopic (exact) mass is 774 g/mol. The van der Waals surface area contributed by atoms with Crippen LogP contribution < -0.4 is 34.4 Å². The van der Waals surface area contributed by atoms with Crippen LogP contribution in [0, 0.1) is 0 Å². The third-order valence-electron chi connectivity index (χ3n) is 11.7. The summed E-state index contributed by atoms with van der Waals surface area (Å²) in [5, 5.41) is 6.71. The average molecular weight is 775 g/mol. The van der Waals surface area contributed by atoms with Gasteiger partial charge in [0.2, 0.25) is 0 Å². The number of fused-ring (bicyclic) bond motifs is 6. The molecule has 0 aromatic heterocycles. The smallest absolute Gasteiger partial charge is 0.0314 e. The average Bonchev–Trinajstić information content (AvgIpc) is 3.27. The molecule has 288 valence electrons. The van der Waals surface area contributed by atoms with Gasteiger partial charge in [-0.2, -0.15) is 0 Å². The van der Waals surface area contributed by atoms with Crippen LogP contribution in [0.4, 0.5) is 34.1 Å². The zero-order valence-electron chi connectivity index (χ0n) is 32.8. The molecule has 0 aliphatic rings. The number of nitrogen functional groups attached to an aromatic ring is 6. The highest BCUT2D eigenvalue weighted by Gasteiger charge is 2.21. The van der Waals surface area contributed by atoms with Gasteiger partial charge >= 0.3 is 0 Å². The lowest BCUT2D eigenvalue weighted by atomic mass is 9.82. The Morgan fingerprint density at radius 3 is 0.400 bits per heavy atom. The Hall–Kier alpha value is -8.22. The normalized spacial score (nSPS) is 11.4. The molecule has 12 N–H and O–H groups in total. The summed E-state index contributed by atoms with van der Waals surface area (Å²) in [6.07, 6.45) is 0. The number of benzene rings is 10. The third-order valence-corrected chi connectivity index (χ3v) is 11.7. The number of nitrogens with two attached hydrogens (primary N) is 6. The van der Waals surface area contributed by atoms with Crippen LogP contribution in [0.3, 0.4) is 0 Å². The molecule has 0 saturated heterocycles. The van der Waals surface area contributed by atoms with Crippen molar-refractivity contribution in [1.29, 1.82) is 0 Å². The maximum absolute atomic E-state index is 6.24. The van der Waals surface area contributed by atoms with Gasteiger partial charge in [-0.25, -0.2) is 0 Å². The summed E-state index contributed by atoms with van der Waals surface area (Å²) in [4.78, 5) is 0. The highest BCUT2D eigenvalue weighted by atomic mass is 14.6. The van der Waals surface area contributed by atoms with Crippen molar-refractivity contribution in [1.82, 2.24) is 0 Å². The Balaban J connectivity index is 1.41. The Morgan fingerprint density at radius 2 is 0.283 bits per heavy atom. The highest BCUT2D eigenvalue weighted by Crippen LogP contribution is 2.48. The summed E-state index contributed by atoms with van der Waals surface area (Å²) in [5.74, 6) is 0. The van der Waals surface area contributed by atoms with Gasteiger partial charge in [0.15, 0.2) is 0 Å². The molecule has 0 aliphatic carbocycles. The predicted molar refractivity (Wildman–Crippen MR) is 258 cm³/mol. The summed E-state index contributed by atoms with van der Waals surface area (Å²) < 4.78 is 0. The molecular weight excluding hydrogens is 733 g/mol. The van der Waals surface area contributed by atoms with Crippen molar-refractivity contribution in [3.63, 3.8) is 0 Å². The molecule has 0 heterocycles. The molecule has 0 radical (unpaired) electrons. The van der Waals surface area contributed by atoms with E-state index in [-0.39, 0.29) is 0 Å². The lowest BCUT2D eigenvalue weighted by molar-refractivity contribution is 1.59. The van der Waals surface area contributed by atoms with Crippen LogP contribution in [-0.2, 0) is 0 Å². The standard InChI is InChI=1S/C54H42N6/c55-37-13-1-31(2-14-37)43-25-49-50(26-44(43)32-3-15-38(56)16-4-32)52-28-46(34-7-19-40(58)20-8-34)48(36-11-23-42(60)24-12-36)30-54(52)53-29-47(35-9-21-41(59)22-10-35)45(27-51(49)53)33-5-17-39(57)18-6-33/h1-30H,55-60H2. The molecule has 10 rings (SSSR count). The maximum atomic E-state index is 6.24. The minimum Gasteiger partial charge on any atom is -0.399 e. The van der Waals surface area contributed by atoms with Gasteiger partial charge in [0, 0.05) is 34.1 Å². The lowest BCUT2D eigenvalue weighted by Gasteiger charge is -2.21. The summed E-state index contributed by atoms with van der Waals surface area (Å²) in [6, 6.07) is 62.7. The van der Waals surface area contributed by atoms with E-state index in [1.165, 1.54) is 0 Å². The van der Waals surface area contributed by atoms with E-state index in [1.807, 2.05) is 72.8 Å². The van der Waals surface area contributed by atoms with Gasteiger partial charge in [0.25, 0.3) is 0 Å². The van der Waals surface area contributed by atoms with E-state index in [1.54, 1.807) is 0 Å². The fourth-order valence-corrected chi connectivity index (χ4v) is 8.55. The maximum Gasteiger partial charge on any atom is 0.0314 e. The second kappa shape index (κ2) is 14.3. The molecule has 0 saturated carbocycles. The summed E-state index contributed by atoms with van der Waals surface area (Å²) in [7, 11) is 0. The molecule has 6 heteroatoms. The summed E-state index contributed by atoms with van der Waals surface area (Å²) in [5.41, 5.74) is 54.6. The second-order valence-electron chi connectivity index (χ2n) is 15.6. The first kappa shape index (κ1) is 36.1. The SMILES string of the molecule is Nc1ccc(-c2cc3c4cc(-c5ccc(N)cc5)c(-c5ccc(N)cc5)cc4c4cc(-c5ccc(N)cc5)c(-c5ccc(N)cc5)cc4c3cc2-c2ccc(N)cc2)cc1. The zero-order chi connectivity index (χ0) is 41.1. The van der Waals surface area contributed by atoms with E-state index in [2.05, 4.69) is 109 Å². The molecule has 10 aromatic rings. The molecule has 10 aromatic carbocycles. The molecular formula is C54H42N6. The van der Waals surface area contributed by atoms with Crippen LogP contribution in [0.15, 0.2) is 182 Å². The van der Waals surface area contributed by atoms with E-state index in [9.17, 15) is 0 Å². The Morgan fingerprint density at radius 1 is 0.167 bits per heavy atom. The van der Waals surface area contributed by atoms with E-state index in [4.69, 9.17) is 34.4 Å². The fraction of sp³-hybridized carbons (Fsp3) is 0. The van der Waals surface area contributed by atoms with Crippen LogP contribution >= 0.6 is 0 Å². The largest absolute Gasteiger partial charge is 0.399 e. The van der Waals surface area contributed by atoms with Gasteiger partial charge in [-0.15, -0.1) is 0 Å². The highest BCUT2D eigenvalue weighted by molar-refractivity contribution is 6.29. The zero-order valence-corrected chi connectivity index (χ0v) is 32.8. The number of hydrogen-bond donors (Lipinski definition) is 6. The summed E-state index contributed by atoms with van der Waals surface area (Å²) in [6.45, 7) is 0. The van der Waals surface area contributed by atoms with Gasteiger partial charge in [0.1, 0.15) is 0 Å². The topological polar surface area (TPSA) is 156 Å². The van der Waals surface area contributed by atoms with Crippen LogP contribution in [0.25, 0.3) is 99.1 Å². The molecule has 60 heavy (non-hydrogen) atoms. The molecule has 0 fully saturated rings. The molecule has 0 aliphatic heterocycles. The van der Waals surface area contributed by atoms with E-state index >= 15 is 0 Å². The van der Waals surface area contributed by atoms with Crippen molar-refractivity contribution in [2.24, 2.45) is 0 Å². The number of rotatable bonds is 6. The molecule has 0 atom stereocenters. The Bertz CT molecular complexity index is 2640. The van der Waals surface area contributed by atoms with Crippen molar-refractivity contribution in [3.8, 4) is 66.8 Å². The van der Waals surface area contributed by atoms with Crippen molar-refractivity contribution >= 4 is 66.4 Å². The van der Waals surface area contributed by atoms with Gasteiger partial charge < -0.3 is 34.4 Å². The van der Waals surface area contributed by atoms with E-state index < -0.39 is 0 Å². The van der Waals surface area contributed by atoms with Gasteiger partial charge in [-0.1, -0.05) is 72.8 Å². The van der Waals surface area contributed by atoms with Crippen LogP contribution in [0.1, 0.15) is 0 Å². The number of hydrogen-bond acceptors (Lipinski definition) is 6. The first-order valence-electron chi connectivity index (χ1n) is 19.9. The first-order valence-corrected chi connectivity index (χ1v) is 19.9. The Kier molecular flexibility index (Phi) is 8.62. The molecule has 6 nitrogen and oxygen atoms in total. The van der Waals surface area contributed by atoms with Gasteiger partial charge in [0.05, 0.1) is 0 Å². The summed E-state index contributed by atoms with van der Waals surface area (Å²) >= 11 is 0. The van der Waals surface area contributed by atoms with Crippen molar-refractivity contribution in [2.75, 3.05) is 34.4 Å². The third kappa shape index (κ3) is 6.42. The molecule has 0 unspecified atom stereocenters. The minimum absolute atomic E-state index is 0.709. The Labute approximate surface area is 348 Å². The van der Waals surface area contributed by atoms with E-state index in [0.29, 0.717) is 34.1 Å². The lowest BCUT2D eigenvalue weighted by Crippen LogP contribution is -1.95. The minimum atomic E-state index is 0.709. The van der Waals surface area contributed by atoms with Crippen molar-refractivity contribution in [2.45, 2.75) is 0 Å². The van der Waals surface area contributed by atoms with E-state index in [0.717, 1.165) is 99.1 Å². The van der Waals surface area contributed by atoms with Crippen LogP contribution in [0.2, 0.25) is 0 Å². The molecule has 0 spiro atoms. The molecule has 0 bridgehead atoms. The number of anilines is 6. The molecule has 0 amide bonds. The van der Waals surface area contributed by atoms with Gasteiger partial charge in [-0.3, -0.25) is 0 Å². The van der Waals surface area contributed by atoms with Crippen molar-refractivity contribution < 1.29 is 0 Å².